The predicted molar refractivity (Wildman–Crippen MR) is 86.9 cm³/mol. The summed E-state index contributed by atoms with van der Waals surface area (Å²) in [5, 5.41) is 11.9. The Morgan fingerprint density at radius 1 is 1.25 bits per heavy atom. The van der Waals surface area contributed by atoms with Crippen molar-refractivity contribution in [2.75, 3.05) is 5.32 Å². The van der Waals surface area contributed by atoms with Crippen molar-refractivity contribution in [1.29, 1.82) is 0 Å². The van der Waals surface area contributed by atoms with Gasteiger partial charge in [-0.15, -0.1) is 0 Å². The Morgan fingerprint density at radius 3 is 2.46 bits per heavy atom. The van der Waals surface area contributed by atoms with Crippen molar-refractivity contribution in [2.45, 2.75) is 49.6 Å². The average Bonchev–Trinajstić information content (AvgIpc) is 3.14. The van der Waals surface area contributed by atoms with E-state index in [4.69, 9.17) is 0 Å². The molecule has 3 rings (SSSR count). The molecule has 0 aliphatic carbocycles. The van der Waals surface area contributed by atoms with Crippen LogP contribution in [-0.4, -0.2) is 41.8 Å². The molecule has 3 unspecified atom stereocenters. The maximum Gasteiger partial charge on any atom is 0.308 e. The molecule has 24 heavy (non-hydrogen) atoms. The zero-order chi connectivity index (χ0) is 17.5. The van der Waals surface area contributed by atoms with E-state index in [1.807, 2.05) is 0 Å². The van der Waals surface area contributed by atoms with Crippen molar-refractivity contribution in [1.82, 2.24) is 4.31 Å². The first-order valence-electron chi connectivity index (χ1n) is 8.01. The number of aliphatic carboxylic acids is 1. The van der Waals surface area contributed by atoms with Gasteiger partial charge in [-0.1, -0.05) is 6.92 Å². The molecule has 1 aromatic rings. The second kappa shape index (κ2) is 6.18. The molecule has 2 fully saturated rings. The van der Waals surface area contributed by atoms with Gasteiger partial charge in [0.15, 0.2) is 0 Å². The molecule has 1 amide bonds. The normalized spacial score (nSPS) is 26.5. The highest BCUT2D eigenvalue weighted by Crippen LogP contribution is 2.45. The van der Waals surface area contributed by atoms with E-state index in [2.05, 4.69) is 5.32 Å². The molecular weight excluding hydrogens is 332 g/mol. The minimum absolute atomic E-state index is 0.125. The molecule has 2 aliphatic rings. The van der Waals surface area contributed by atoms with Crippen LogP contribution in [0.15, 0.2) is 29.2 Å². The zero-order valence-electron chi connectivity index (χ0n) is 13.3. The van der Waals surface area contributed by atoms with Gasteiger partial charge in [0.05, 0.1) is 10.8 Å². The highest BCUT2D eigenvalue weighted by atomic mass is 32.2. The Balaban J connectivity index is 1.84. The van der Waals surface area contributed by atoms with Gasteiger partial charge in [0, 0.05) is 24.2 Å². The van der Waals surface area contributed by atoms with Crippen LogP contribution in [0.3, 0.4) is 0 Å². The molecule has 3 atom stereocenters. The van der Waals surface area contributed by atoms with Crippen molar-refractivity contribution in [2.24, 2.45) is 5.92 Å². The molecule has 2 N–H and O–H groups in total. The molecule has 130 valence electrons. The monoisotopic (exact) mass is 352 g/mol. The lowest BCUT2D eigenvalue weighted by Gasteiger charge is -2.22. The summed E-state index contributed by atoms with van der Waals surface area (Å²) in [4.78, 5) is 22.8. The summed E-state index contributed by atoms with van der Waals surface area (Å²) >= 11 is 0. The third-order valence-electron chi connectivity index (χ3n) is 4.82. The summed E-state index contributed by atoms with van der Waals surface area (Å²) in [5.41, 5.74) is 0.536. The van der Waals surface area contributed by atoms with Crippen molar-refractivity contribution < 1.29 is 23.1 Å². The second-order valence-corrected chi connectivity index (χ2v) is 8.08. The van der Waals surface area contributed by atoms with E-state index >= 15 is 0 Å². The number of hydrogen-bond donors (Lipinski definition) is 2. The summed E-state index contributed by atoms with van der Waals surface area (Å²) in [6.07, 6.45) is 2.02. The van der Waals surface area contributed by atoms with Crippen LogP contribution in [0.2, 0.25) is 0 Å². The standard InChI is InChI=1S/C16H20N2O5S/c1-2-15(19)17-10-3-6-12(7-4-10)24(22,23)18-11-5-8-14(18)13(9-11)16(20)21/h3-4,6-7,11,13-14H,2,5,8-9H2,1H3,(H,17,19)(H,20,21). The van der Waals surface area contributed by atoms with Gasteiger partial charge in [-0.05, 0) is 43.5 Å². The van der Waals surface area contributed by atoms with Gasteiger partial charge in [-0.25, -0.2) is 8.42 Å². The van der Waals surface area contributed by atoms with Gasteiger partial charge in [-0.3, -0.25) is 9.59 Å². The molecule has 0 saturated carbocycles. The fraction of sp³-hybridized carbons (Fsp3) is 0.500. The van der Waals surface area contributed by atoms with Gasteiger partial charge in [0.2, 0.25) is 15.9 Å². The number of carbonyl (C=O) groups is 2. The van der Waals surface area contributed by atoms with Gasteiger partial charge in [0.25, 0.3) is 0 Å². The maximum atomic E-state index is 12.9. The molecule has 1 aromatic carbocycles. The zero-order valence-corrected chi connectivity index (χ0v) is 14.1. The number of anilines is 1. The van der Waals surface area contributed by atoms with Crippen LogP contribution in [0.4, 0.5) is 5.69 Å². The van der Waals surface area contributed by atoms with E-state index in [0.717, 1.165) is 0 Å². The first-order valence-corrected chi connectivity index (χ1v) is 9.45. The Hall–Kier alpha value is -1.93. The van der Waals surface area contributed by atoms with Crippen LogP contribution in [0.25, 0.3) is 0 Å². The molecule has 2 bridgehead atoms. The number of carboxylic acids is 1. The molecule has 2 heterocycles. The third-order valence-corrected chi connectivity index (χ3v) is 6.82. The van der Waals surface area contributed by atoms with Gasteiger partial charge >= 0.3 is 5.97 Å². The van der Waals surface area contributed by atoms with E-state index in [0.29, 0.717) is 31.4 Å². The summed E-state index contributed by atoms with van der Waals surface area (Å²) in [5.74, 6) is -1.70. The highest BCUT2D eigenvalue weighted by Gasteiger charge is 2.54. The van der Waals surface area contributed by atoms with E-state index in [1.165, 1.54) is 16.4 Å². The fourth-order valence-corrected chi connectivity index (χ4v) is 5.58. The molecule has 7 nitrogen and oxygen atoms in total. The number of amides is 1. The predicted octanol–water partition coefficient (Wildman–Crippen LogP) is 1.66. The molecule has 2 saturated heterocycles. The number of nitrogens with zero attached hydrogens (tertiary/aromatic N) is 1. The Morgan fingerprint density at radius 2 is 1.92 bits per heavy atom. The van der Waals surface area contributed by atoms with E-state index in [1.54, 1.807) is 19.1 Å². The number of hydrogen-bond acceptors (Lipinski definition) is 4. The van der Waals surface area contributed by atoms with Gasteiger partial charge in [0.1, 0.15) is 0 Å². The Kier molecular flexibility index (Phi) is 4.35. The third kappa shape index (κ3) is 2.80. The lowest BCUT2D eigenvalue weighted by atomic mass is 9.89. The largest absolute Gasteiger partial charge is 0.481 e. The number of fused-ring (bicyclic) bond motifs is 2. The van der Waals surface area contributed by atoms with Crippen molar-refractivity contribution in [3.05, 3.63) is 24.3 Å². The molecule has 0 radical (unpaired) electrons. The number of nitrogens with one attached hydrogen (secondary N) is 1. The minimum Gasteiger partial charge on any atom is -0.481 e. The maximum absolute atomic E-state index is 12.9. The highest BCUT2D eigenvalue weighted by molar-refractivity contribution is 7.89. The molecular formula is C16H20N2O5S. The van der Waals surface area contributed by atoms with Crippen LogP contribution in [0.5, 0.6) is 0 Å². The Labute approximate surface area is 140 Å². The molecule has 8 heteroatoms. The lowest BCUT2D eigenvalue weighted by molar-refractivity contribution is -0.142. The van der Waals surface area contributed by atoms with Gasteiger partial charge < -0.3 is 10.4 Å². The number of carboxylic acid groups (broad SMARTS) is 1. The molecule has 0 aromatic heterocycles. The Bertz CT molecular complexity index is 759. The van der Waals surface area contributed by atoms with Crippen LogP contribution < -0.4 is 5.32 Å². The van der Waals surface area contributed by atoms with E-state index in [-0.39, 0.29) is 16.8 Å². The summed E-state index contributed by atoms with van der Waals surface area (Å²) in [6.45, 7) is 1.73. The smallest absolute Gasteiger partial charge is 0.308 e. The van der Waals surface area contributed by atoms with E-state index in [9.17, 15) is 23.1 Å². The number of benzene rings is 1. The van der Waals surface area contributed by atoms with Crippen LogP contribution >= 0.6 is 0 Å². The van der Waals surface area contributed by atoms with Gasteiger partial charge in [-0.2, -0.15) is 4.31 Å². The average molecular weight is 352 g/mol. The fourth-order valence-electron chi connectivity index (χ4n) is 3.66. The number of carbonyl (C=O) groups excluding carboxylic acids is 1. The quantitative estimate of drug-likeness (QED) is 0.839. The second-order valence-electron chi connectivity index (χ2n) is 6.24. The number of rotatable bonds is 5. The number of sulfonamides is 1. The SMILES string of the molecule is CCC(=O)Nc1ccc(S(=O)(=O)N2C3CCC2C(C(=O)O)C3)cc1. The summed E-state index contributed by atoms with van der Waals surface area (Å²) in [7, 11) is -3.73. The summed E-state index contributed by atoms with van der Waals surface area (Å²) < 4.78 is 27.2. The van der Waals surface area contributed by atoms with Crippen molar-refractivity contribution in [3.63, 3.8) is 0 Å². The minimum atomic E-state index is -3.73. The topological polar surface area (TPSA) is 104 Å². The van der Waals surface area contributed by atoms with Crippen molar-refractivity contribution in [3.8, 4) is 0 Å². The van der Waals surface area contributed by atoms with E-state index < -0.39 is 28.0 Å². The molecule has 2 aliphatic heterocycles. The first-order chi connectivity index (χ1) is 11.3. The molecule has 0 spiro atoms. The van der Waals surface area contributed by atoms with Crippen LogP contribution in [0.1, 0.15) is 32.6 Å². The lowest BCUT2D eigenvalue weighted by Crippen LogP contribution is -2.37. The van der Waals surface area contributed by atoms with Crippen LogP contribution in [0, 0.1) is 5.92 Å². The van der Waals surface area contributed by atoms with Crippen molar-refractivity contribution >= 4 is 27.6 Å². The first kappa shape index (κ1) is 16.9. The summed E-state index contributed by atoms with van der Waals surface area (Å²) in [6, 6.07) is 5.31. The van der Waals surface area contributed by atoms with Crippen LogP contribution in [-0.2, 0) is 19.6 Å².